The van der Waals surface area contributed by atoms with Gasteiger partial charge in [-0.3, -0.25) is 4.40 Å². The summed E-state index contributed by atoms with van der Waals surface area (Å²) in [5.74, 6) is 0. The largest absolute Gasteiger partial charge is 0.383 e. The predicted octanol–water partition coefficient (Wildman–Crippen LogP) is 5.25. The molecule has 31 heavy (non-hydrogen) atoms. The highest BCUT2D eigenvalue weighted by Gasteiger charge is 2.20. The number of carbonyl (C=O) groups excluding carboxylic acids is 1. The van der Waals surface area contributed by atoms with E-state index >= 15 is 0 Å². The lowest BCUT2D eigenvalue weighted by molar-refractivity contribution is 0.146. The third-order valence-electron chi connectivity index (χ3n) is 5.85. The Bertz CT molecular complexity index is 995. The van der Waals surface area contributed by atoms with Gasteiger partial charge in [0.05, 0.1) is 12.3 Å². The Morgan fingerprint density at radius 3 is 2.77 bits per heavy atom. The number of aromatic nitrogens is 2. The SMILES string of the molecule is COCCN(CCc1csc2nc(-c3ccc(Cl)cc3)cn12)C(=O)NC1CCCCC1. The summed E-state index contributed by atoms with van der Waals surface area (Å²) in [6.07, 6.45) is 8.66. The summed E-state index contributed by atoms with van der Waals surface area (Å²) in [7, 11) is 1.67. The first-order chi connectivity index (χ1) is 15.1. The molecule has 166 valence electrons. The number of amides is 2. The standard InChI is InChI=1S/C23H29ClN4O2S/c1-30-14-13-27(22(29)25-19-5-3-2-4-6-19)12-11-20-16-31-23-26-21(15-28(20)23)17-7-9-18(24)10-8-17/h7-10,15-16,19H,2-6,11-14H2,1H3,(H,25,29). The second-order valence-electron chi connectivity index (χ2n) is 8.03. The Morgan fingerprint density at radius 2 is 2.03 bits per heavy atom. The van der Waals surface area contributed by atoms with Gasteiger partial charge in [0.2, 0.25) is 0 Å². The zero-order valence-electron chi connectivity index (χ0n) is 17.8. The summed E-state index contributed by atoms with van der Waals surface area (Å²) in [5.41, 5.74) is 3.12. The summed E-state index contributed by atoms with van der Waals surface area (Å²) < 4.78 is 7.36. The van der Waals surface area contributed by atoms with Crippen LogP contribution in [0.2, 0.25) is 5.02 Å². The number of hydrogen-bond acceptors (Lipinski definition) is 4. The molecule has 8 heteroatoms. The van der Waals surface area contributed by atoms with Crippen LogP contribution in [-0.4, -0.2) is 53.2 Å². The summed E-state index contributed by atoms with van der Waals surface area (Å²) in [6, 6.07) is 8.04. The molecule has 3 aromatic rings. The van der Waals surface area contributed by atoms with E-state index < -0.39 is 0 Å². The van der Waals surface area contributed by atoms with Gasteiger partial charge in [0.1, 0.15) is 0 Å². The number of thiazole rings is 1. The van der Waals surface area contributed by atoms with Gasteiger partial charge in [-0.25, -0.2) is 9.78 Å². The zero-order valence-corrected chi connectivity index (χ0v) is 19.4. The maximum atomic E-state index is 12.9. The van der Waals surface area contributed by atoms with Crippen molar-refractivity contribution >= 4 is 33.9 Å². The monoisotopic (exact) mass is 460 g/mol. The predicted molar refractivity (Wildman–Crippen MR) is 126 cm³/mol. The number of nitrogens with one attached hydrogen (secondary N) is 1. The first-order valence-electron chi connectivity index (χ1n) is 10.9. The number of nitrogens with zero attached hydrogens (tertiary/aromatic N) is 3. The minimum atomic E-state index is 0.0166. The lowest BCUT2D eigenvalue weighted by Gasteiger charge is -2.28. The third-order valence-corrected chi connectivity index (χ3v) is 6.99. The van der Waals surface area contributed by atoms with Crippen molar-refractivity contribution in [2.45, 2.75) is 44.6 Å². The van der Waals surface area contributed by atoms with Gasteiger partial charge in [-0.05, 0) is 25.0 Å². The minimum Gasteiger partial charge on any atom is -0.383 e. The molecule has 0 spiro atoms. The molecule has 2 heterocycles. The van der Waals surface area contributed by atoms with E-state index in [2.05, 4.69) is 21.3 Å². The average Bonchev–Trinajstić information content (AvgIpc) is 3.36. The van der Waals surface area contributed by atoms with Crippen LogP contribution in [0.3, 0.4) is 0 Å². The molecule has 2 amide bonds. The maximum Gasteiger partial charge on any atom is 0.317 e. The fraction of sp³-hybridized carbons (Fsp3) is 0.478. The van der Waals surface area contributed by atoms with Gasteiger partial charge in [-0.15, -0.1) is 11.3 Å². The summed E-state index contributed by atoms with van der Waals surface area (Å²) >= 11 is 7.63. The van der Waals surface area contributed by atoms with Crippen LogP contribution in [0.25, 0.3) is 16.2 Å². The number of fused-ring (bicyclic) bond motifs is 1. The van der Waals surface area contributed by atoms with Crippen molar-refractivity contribution < 1.29 is 9.53 Å². The highest BCUT2D eigenvalue weighted by atomic mass is 35.5. The molecular formula is C23H29ClN4O2S. The van der Waals surface area contributed by atoms with Crippen molar-refractivity contribution in [3.05, 3.63) is 46.6 Å². The van der Waals surface area contributed by atoms with E-state index in [4.69, 9.17) is 21.3 Å². The van der Waals surface area contributed by atoms with Gasteiger partial charge in [0, 0.05) is 60.5 Å². The van der Waals surface area contributed by atoms with Gasteiger partial charge in [-0.1, -0.05) is 43.0 Å². The van der Waals surface area contributed by atoms with E-state index in [9.17, 15) is 4.79 Å². The molecule has 4 rings (SSSR count). The summed E-state index contributed by atoms with van der Waals surface area (Å²) in [4.78, 5) is 20.5. The third kappa shape index (κ3) is 5.59. The molecule has 1 aromatic carbocycles. The molecular weight excluding hydrogens is 432 g/mol. The van der Waals surface area contributed by atoms with E-state index in [-0.39, 0.29) is 6.03 Å². The van der Waals surface area contributed by atoms with Crippen LogP contribution in [0.1, 0.15) is 37.8 Å². The van der Waals surface area contributed by atoms with Crippen LogP contribution >= 0.6 is 22.9 Å². The van der Waals surface area contributed by atoms with Crippen molar-refractivity contribution in [2.75, 3.05) is 26.8 Å². The molecule has 0 radical (unpaired) electrons. The molecule has 1 aliphatic carbocycles. The number of ether oxygens (including phenoxy) is 1. The quantitative estimate of drug-likeness (QED) is 0.499. The lowest BCUT2D eigenvalue weighted by Crippen LogP contribution is -2.47. The number of imidazole rings is 1. The molecule has 2 aromatic heterocycles. The molecule has 0 saturated heterocycles. The number of urea groups is 1. The van der Waals surface area contributed by atoms with Gasteiger partial charge in [0.15, 0.2) is 4.96 Å². The molecule has 1 saturated carbocycles. The highest BCUT2D eigenvalue weighted by Crippen LogP contribution is 2.25. The van der Waals surface area contributed by atoms with E-state index in [1.54, 1.807) is 18.4 Å². The molecule has 6 nitrogen and oxygen atoms in total. The van der Waals surface area contributed by atoms with Crippen molar-refractivity contribution in [3.8, 4) is 11.3 Å². The number of carbonyl (C=O) groups is 1. The number of benzene rings is 1. The fourth-order valence-corrected chi connectivity index (χ4v) is 5.08. The van der Waals surface area contributed by atoms with E-state index in [0.29, 0.717) is 30.8 Å². The Morgan fingerprint density at radius 1 is 1.26 bits per heavy atom. The van der Waals surface area contributed by atoms with E-state index in [1.165, 1.54) is 19.3 Å². The van der Waals surface area contributed by atoms with E-state index in [1.807, 2.05) is 29.2 Å². The smallest absolute Gasteiger partial charge is 0.317 e. The Hall–Kier alpha value is -2.09. The topological polar surface area (TPSA) is 58.9 Å². The second kappa shape index (κ2) is 10.5. The normalized spacial score (nSPS) is 14.8. The van der Waals surface area contributed by atoms with Crippen molar-refractivity contribution in [3.63, 3.8) is 0 Å². The van der Waals surface area contributed by atoms with Crippen molar-refractivity contribution in [1.82, 2.24) is 19.6 Å². The molecule has 0 atom stereocenters. The van der Waals surface area contributed by atoms with Crippen LogP contribution < -0.4 is 5.32 Å². The zero-order chi connectivity index (χ0) is 21.6. The summed E-state index contributed by atoms with van der Waals surface area (Å²) in [5, 5.41) is 6.07. The Kier molecular flexibility index (Phi) is 7.48. The van der Waals surface area contributed by atoms with Gasteiger partial charge in [0.25, 0.3) is 0 Å². The molecule has 1 aliphatic rings. The molecule has 1 fully saturated rings. The maximum absolute atomic E-state index is 12.9. The van der Waals surface area contributed by atoms with Crippen LogP contribution in [0, 0.1) is 0 Å². The Balaban J connectivity index is 1.43. The van der Waals surface area contributed by atoms with Crippen LogP contribution in [0.15, 0.2) is 35.8 Å². The average molecular weight is 461 g/mol. The number of halogens is 1. The number of hydrogen-bond donors (Lipinski definition) is 1. The van der Waals surface area contributed by atoms with Crippen molar-refractivity contribution in [2.24, 2.45) is 0 Å². The first-order valence-corrected chi connectivity index (χ1v) is 12.2. The molecule has 1 N–H and O–H groups in total. The fourth-order valence-electron chi connectivity index (χ4n) is 4.05. The second-order valence-corrected chi connectivity index (χ2v) is 9.30. The van der Waals surface area contributed by atoms with E-state index in [0.717, 1.165) is 41.2 Å². The number of methoxy groups -OCH3 is 1. The highest BCUT2D eigenvalue weighted by molar-refractivity contribution is 7.15. The van der Waals surface area contributed by atoms with Crippen LogP contribution in [0.5, 0.6) is 0 Å². The van der Waals surface area contributed by atoms with Gasteiger partial charge in [-0.2, -0.15) is 0 Å². The summed E-state index contributed by atoms with van der Waals surface area (Å²) in [6.45, 7) is 1.76. The van der Waals surface area contributed by atoms with Crippen LogP contribution in [-0.2, 0) is 11.2 Å². The molecule has 0 bridgehead atoms. The number of rotatable bonds is 8. The molecule has 0 unspecified atom stereocenters. The van der Waals surface area contributed by atoms with Gasteiger partial charge < -0.3 is 15.0 Å². The van der Waals surface area contributed by atoms with Gasteiger partial charge >= 0.3 is 6.03 Å². The lowest BCUT2D eigenvalue weighted by atomic mass is 9.96. The minimum absolute atomic E-state index is 0.0166. The van der Waals surface area contributed by atoms with Crippen molar-refractivity contribution in [1.29, 1.82) is 0 Å². The Labute approximate surface area is 192 Å². The first kappa shape index (κ1) is 22.1. The molecule has 0 aliphatic heterocycles. The van der Waals surface area contributed by atoms with Crippen LogP contribution in [0.4, 0.5) is 4.79 Å².